The number of carbonyl (C=O) groups excluding carboxylic acids is 2. The number of carbonyl (C=O) groups is 2. The van der Waals surface area contributed by atoms with Gasteiger partial charge in [0.1, 0.15) is 0 Å². The lowest BCUT2D eigenvalue weighted by Crippen LogP contribution is -2.54. The van der Waals surface area contributed by atoms with Gasteiger partial charge in [0.05, 0.1) is 31.1 Å². The van der Waals surface area contributed by atoms with Crippen LogP contribution in [-0.4, -0.2) is 41.9 Å². The molecule has 0 N–H and O–H groups in total. The van der Waals surface area contributed by atoms with Crippen LogP contribution >= 0.6 is 0 Å². The molecule has 108 valence electrons. The Kier molecular flexibility index (Phi) is 4.39. The van der Waals surface area contributed by atoms with Crippen LogP contribution in [0.3, 0.4) is 0 Å². The Hall–Kier alpha value is -2.31. The molecule has 0 unspecified atom stereocenters. The highest BCUT2D eigenvalue weighted by atomic mass is 16.6. The summed E-state index contributed by atoms with van der Waals surface area (Å²) in [4.78, 5) is 28.3. The number of hydrogen-bond acceptors (Lipinski definition) is 5. The Morgan fingerprint density at radius 2 is 1.95 bits per heavy atom. The van der Waals surface area contributed by atoms with E-state index in [-0.39, 0.29) is 13.2 Å². The zero-order valence-corrected chi connectivity index (χ0v) is 11.5. The van der Waals surface area contributed by atoms with Crippen LogP contribution in [-0.2, 0) is 15.9 Å². The first-order chi connectivity index (χ1) is 9.69. The van der Waals surface area contributed by atoms with Crippen molar-refractivity contribution in [1.82, 2.24) is 9.99 Å². The van der Waals surface area contributed by atoms with Gasteiger partial charge in [-0.1, -0.05) is 0 Å². The molecule has 2 amide bonds. The first-order valence-electron chi connectivity index (χ1n) is 6.54. The van der Waals surface area contributed by atoms with Crippen LogP contribution < -0.4 is 5.01 Å². The lowest BCUT2D eigenvalue weighted by molar-refractivity contribution is 0.0900. The van der Waals surface area contributed by atoms with Crippen LogP contribution in [0.1, 0.15) is 19.5 Å². The minimum Gasteiger partial charge on any atom is -0.448 e. The van der Waals surface area contributed by atoms with E-state index in [1.807, 2.05) is 0 Å². The van der Waals surface area contributed by atoms with E-state index in [0.717, 1.165) is 5.69 Å². The van der Waals surface area contributed by atoms with Crippen molar-refractivity contribution in [3.8, 4) is 0 Å². The summed E-state index contributed by atoms with van der Waals surface area (Å²) in [5.74, 6) is 0. The second-order valence-corrected chi connectivity index (χ2v) is 4.05. The Bertz CT molecular complexity index is 506. The van der Waals surface area contributed by atoms with Crippen LogP contribution in [0.15, 0.2) is 18.3 Å². The van der Waals surface area contributed by atoms with Gasteiger partial charge in [-0.3, -0.25) is 4.98 Å². The maximum atomic E-state index is 12.1. The van der Waals surface area contributed by atoms with Gasteiger partial charge < -0.3 is 9.47 Å². The molecule has 7 nitrogen and oxygen atoms in total. The Morgan fingerprint density at radius 3 is 2.65 bits per heavy atom. The molecule has 0 aliphatic carbocycles. The number of rotatable bonds is 2. The molecule has 2 rings (SSSR count). The number of pyridine rings is 1. The van der Waals surface area contributed by atoms with E-state index in [0.29, 0.717) is 18.7 Å². The molecule has 1 aliphatic rings. The third-order valence-electron chi connectivity index (χ3n) is 2.82. The zero-order valence-electron chi connectivity index (χ0n) is 11.5. The van der Waals surface area contributed by atoms with Crippen molar-refractivity contribution in [2.45, 2.75) is 20.3 Å². The van der Waals surface area contributed by atoms with Crippen molar-refractivity contribution < 1.29 is 19.1 Å². The summed E-state index contributed by atoms with van der Waals surface area (Å²) in [5.41, 5.74) is 1.30. The van der Waals surface area contributed by atoms with Crippen molar-refractivity contribution in [2.24, 2.45) is 0 Å². The van der Waals surface area contributed by atoms with Crippen molar-refractivity contribution in [2.75, 3.05) is 24.8 Å². The third-order valence-corrected chi connectivity index (χ3v) is 2.82. The van der Waals surface area contributed by atoms with Crippen molar-refractivity contribution in [3.05, 3.63) is 24.0 Å². The van der Waals surface area contributed by atoms with E-state index in [1.54, 1.807) is 32.2 Å². The molecular weight excluding hydrogens is 262 g/mol. The molecule has 20 heavy (non-hydrogen) atoms. The number of hydrazine groups is 1. The first-order valence-corrected chi connectivity index (χ1v) is 6.54. The molecular formula is C13H17N3O4. The van der Waals surface area contributed by atoms with Crippen molar-refractivity contribution in [3.63, 3.8) is 0 Å². The SMILES string of the molecule is CCOC(=O)N1CCc2ncccc2N1C(=O)OCC. The number of anilines is 1. The van der Waals surface area contributed by atoms with Crippen LogP contribution in [0, 0.1) is 0 Å². The summed E-state index contributed by atoms with van der Waals surface area (Å²) in [6.45, 7) is 4.21. The molecule has 0 saturated heterocycles. The Morgan fingerprint density at radius 1 is 1.25 bits per heavy atom. The predicted octanol–water partition coefficient (Wildman–Crippen LogP) is 1.97. The summed E-state index contributed by atoms with van der Waals surface area (Å²) in [7, 11) is 0. The summed E-state index contributed by atoms with van der Waals surface area (Å²) >= 11 is 0. The summed E-state index contributed by atoms with van der Waals surface area (Å²) in [6, 6.07) is 3.43. The molecule has 0 bridgehead atoms. The molecule has 0 aromatic carbocycles. The highest BCUT2D eigenvalue weighted by Crippen LogP contribution is 2.27. The molecule has 1 aromatic heterocycles. The quantitative estimate of drug-likeness (QED) is 0.827. The summed E-state index contributed by atoms with van der Waals surface area (Å²) in [5, 5.41) is 2.43. The second-order valence-electron chi connectivity index (χ2n) is 4.05. The van der Waals surface area contributed by atoms with Gasteiger partial charge in [-0.2, -0.15) is 5.01 Å². The molecule has 0 saturated carbocycles. The molecule has 0 fully saturated rings. The van der Waals surface area contributed by atoms with Crippen LogP contribution in [0.4, 0.5) is 15.3 Å². The number of aromatic nitrogens is 1. The van der Waals surface area contributed by atoms with Crippen LogP contribution in [0.25, 0.3) is 0 Å². The number of fused-ring (bicyclic) bond motifs is 1. The maximum absolute atomic E-state index is 12.1. The van der Waals surface area contributed by atoms with Gasteiger partial charge in [0.15, 0.2) is 0 Å². The first kappa shape index (κ1) is 14.1. The standard InChI is InChI=1S/C13H17N3O4/c1-3-19-12(17)15-9-7-10-11(6-5-8-14-10)16(15)13(18)20-4-2/h5-6,8H,3-4,7,9H2,1-2H3. The molecule has 0 spiro atoms. The van der Waals surface area contributed by atoms with Crippen molar-refractivity contribution in [1.29, 1.82) is 0 Å². The van der Waals surface area contributed by atoms with Crippen LogP contribution in [0.2, 0.25) is 0 Å². The number of amides is 2. The lowest BCUT2D eigenvalue weighted by atomic mass is 10.2. The van der Waals surface area contributed by atoms with Gasteiger partial charge >= 0.3 is 12.2 Å². The van der Waals surface area contributed by atoms with E-state index in [1.165, 1.54) is 10.0 Å². The fourth-order valence-electron chi connectivity index (χ4n) is 2.01. The number of ether oxygens (including phenoxy) is 2. The van der Waals surface area contributed by atoms with E-state index in [9.17, 15) is 9.59 Å². The molecule has 1 aliphatic heterocycles. The highest BCUT2D eigenvalue weighted by Gasteiger charge is 2.35. The zero-order chi connectivity index (χ0) is 14.5. The molecule has 1 aromatic rings. The largest absolute Gasteiger partial charge is 0.448 e. The van der Waals surface area contributed by atoms with E-state index in [2.05, 4.69) is 4.98 Å². The fourth-order valence-corrected chi connectivity index (χ4v) is 2.01. The normalized spacial score (nSPS) is 13.7. The number of hydrogen-bond donors (Lipinski definition) is 0. The van der Waals surface area contributed by atoms with E-state index >= 15 is 0 Å². The highest BCUT2D eigenvalue weighted by molar-refractivity contribution is 5.91. The average Bonchev–Trinajstić information content (AvgIpc) is 2.46. The molecule has 0 atom stereocenters. The van der Waals surface area contributed by atoms with Gasteiger partial charge in [0.25, 0.3) is 0 Å². The van der Waals surface area contributed by atoms with E-state index < -0.39 is 12.2 Å². The van der Waals surface area contributed by atoms with Crippen LogP contribution in [0.5, 0.6) is 0 Å². The molecule has 2 heterocycles. The third kappa shape index (κ3) is 2.66. The van der Waals surface area contributed by atoms with E-state index in [4.69, 9.17) is 9.47 Å². The number of nitrogens with zero attached hydrogens (tertiary/aromatic N) is 3. The fraction of sp³-hybridized carbons (Fsp3) is 0.462. The smallest absolute Gasteiger partial charge is 0.433 e. The topological polar surface area (TPSA) is 72.0 Å². The summed E-state index contributed by atoms with van der Waals surface area (Å²) < 4.78 is 9.98. The Labute approximate surface area is 117 Å². The maximum Gasteiger partial charge on any atom is 0.433 e. The van der Waals surface area contributed by atoms with Gasteiger partial charge in [-0.25, -0.2) is 14.6 Å². The monoisotopic (exact) mass is 279 g/mol. The minimum atomic E-state index is -0.616. The Balaban J connectivity index is 2.34. The lowest BCUT2D eigenvalue weighted by Gasteiger charge is -2.36. The van der Waals surface area contributed by atoms with Gasteiger partial charge in [-0.15, -0.1) is 0 Å². The minimum absolute atomic E-state index is 0.224. The summed E-state index contributed by atoms with van der Waals surface area (Å²) in [6.07, 6.45) is 1.03. The molecule has 0 radical (unpaired) electrons. The molecule has 7 heteroatoms. The van der Waals surface area contributed by atoms with Gasteiger partial charge in [0, 0.05) is 12.6 Å². The van der Waals surface area contributed by atoms with Crippen molar-refractivity contribution >= 4 is 17.9 Å². The van der Waals surface area contributed by atoms with Gasteiger partial charge in [-0.05, 0) is 26.0 Å². The predicted molar refractivity (Wildman–Crippen MR) is 71.2 cm³/mol. The average molecular weight is 279 g/mol. The van der Waals surface area contributed by atoms with Gasteiger partial charge in [0.2, 0.25) is 0 Å². The second kappa shape index (κ2) is 6.23.